The SMILES string of the molecule is CC(C)c1cccc(C(C)C)c1OCc1ccccc1Br. The molecule has 2 rings (SSSR count). The smallest absolute Gasteiger partial charge is 0.126 e. The number of benzene rings is 2. The summed E-state index contributed by atoms with van der Waals surface area (Å²) in [5.41, 5.74) is 3.74. The summed E-state index contributed by atoms with van der Waals surface area (Å²) in [6.07, 6.45) is 0. The van der Waals surface area contributed by atoms with Crippen molar-refractivity contribution in [1.29, 1.82) is 0 Å². The summed E-state index contributed by atoms with van der Waals surface area (Å²) in [6.45, 7) is 9.44. The Balaban J connectivity index is 2.32. The number of ether oxygens (including phenoxy) is 1. The minimum atomic E-state index is 0.456. The molecule has 0 spiro atoms. The average Bonchev–Trinajstić information content (AvgIpc) is 2.45. The van der Waals surface area contributed by atoms with E-state index in [9.17, 15) is 0 Å². The lowest BCUT2D eigenvalue weighted by Gasteiger charge is -2.20. The lowest BCUT2D eigenvalue weighted by atomic mass is 9.94. The van der Waals surface area contributed by atoms with Crippen LogP contribution in [-0.4, -0.2) is 0 Å². The molecule has 21 heavy (non-hydrogen) atoms. The summed E-state index contributed by atoms with van der Waals surface area (Å²) in [5, 5.41) is 0. The van der Waals surface area contributed by atoms with Crippen LogP contribution in [0, 0.1) is 0 Å². The van der Waals surface area contributed by atoms with Gasteiger partial charge in [0.15, 0.2) is 0 Å². The van der Waals surface area contributed by atoms with Gasteiger partial charge >= 0.3 is 0 Å². The molecular weight excluding hydrogens is 324 g/mol. The number of hydrogen-bond donors (Lipinski definition) is 0. The van der Waals surface area contributed by atoms with Gasteiger partial charge in [-0.25, -0.2) is 0 Å². The highest BCUT2D eigenvalue weighted by molar-refractivity contribution is 9.10. The normalized spacial score (nSPS) is 11.2. The maximum absolute atomic E-state index is 6.23. The molecule has 0 saturated heterocycles. The Kier molecular flexibility index (Phi) is 5.46. The first-order valence-electron chi connectivity index (χ1n) is 7.49. The summed E-state index contributed by atoms with van der Waals surface area (Å²) in [6, 6.07) is 14.7. The molecule has 1 nitrogen and oxygen atoms in total. The van der Waals surface area contributed by atoms with Gasteiger partial charge in [-0.3, -0.25) is 0 Å². The van der Waals surface area contributed by atoms with Crippen molar-refractivity contribution >= 4 is 15.9 Å². The van der Waals surface area contributed by atoms with Crippen LogP contribution >= 0.6 is 15.9 Å². The summed E-state index contributed by atoms with van der Waals surface area (Å²) in [7, 11) is 0. The van der Waals surface area contributed by atoms with E-state index in [1.165, 1.54) is 16.7 Å². The third kappa shape index (κ3) is 3.88. The second kappa shape index (κ2) is 7.13. The first-order chi connectivity index (χ1) is 10.0. The van der Waals surface area contributed by atoms with E-state index in [0.717, 1.165) is 10.2 Å². The predicted molar refractivity (Wildman–Crippen MR) is 93.1 cm³/mol. The van der Waals surface area contributed by atoms with Gasteiger partial charge in [-0.2, -0.15) is 0 Å². The third-order valence-corrected chi connectivity index (χ3v) is 4.42. The summed E-state index contributed by atoms with van der Waals surface area (Å²) in [4.78, 5) is 0. The first kappa shape index (κ1) is 16.1. The zero-order valence-corrected chi connectivity index (χ0v) is 14.8. The molecule has 0 heterocycles. The monoisotopic (exact) mass is 346 g/mol. The van der Waals surface area contributed by atoms with Crippen molar-refractivity contribution in [2.75, 3.05) is 0 Å². The van der Waals surface area contributed by atoms with E-state index in [4.69, 9.17) is 4.74 Å². The van der Waals surface area contributed by atoms with Gasteiger partial charge in [-0.05, 0) is 29.0 Å². The zero-order valence-electron chi connectivity index (χ0n) is 13.2. The second-order valence-corrected chi connectivity index (χ2v) is 6.81. The first-order valence-corrected chi connectivity index (χ1v) is 8.29. The molecule has 0 atom stereocenters. The molecule has 0 bridgehead atoms. The third-order valence-electron chi connectivity index (χ3n) is 3.65. The summed E-state index contributed by atoms with van der Waals surface area (Å²) >= 11 is 3.58. The molecule has 2 aromatic carbocycles. The number of hydrogen-bond acceptors (Lipinski definition) is 1. The van der Waals surface area contributed by atoms with E-state index in [0.29, 0.717) is 18.4 Å². The quantitative estimate of drug-likeness (QED) is 0.619. The van der Waals surface area contributed by atoms with Crippen LogP contribution in [0.4, 0.5) is 0 Å². The molecule has 0 amide bonds. The summed E-state index contributed by atoms with van der Waals surface area (Å²) < 4.78 is 7.32. The molecule has 0 aromatic heterocycles. The largest absolute Gasteiger partial charge is 0.488 e. The molecule has 0 saturated carbocycles. The van der Waals surface area contributed by atoms with Crippen molar-refractivity contribution in [3.8, 4) is 5.75 Å². The number of halogens is 1. The Labute approximate surface area is 136 Å². The Morgan fingerprint density at radius 1 is 0.857 bits per heavy atom. The van der Waals surface area contributed by atoms with Gasteiger partial charge in [-0.1, -0.05) is 80.0 Å². The van der Waals surface area contributed by atoms with Crippen LogP contribution in [-0.2, 0) is 6.61 Å². The zero-order chi connectivity index (χ0) is 15.4. The van der Waals surface area contributed by atoms with Gasteiger partial charge in [0.25, 0.3) is 0 Å². The van der Waals surface area contributed by atoms with Crippen LogP contribution in [0.2, 0.25) is 0 Å². The summed E-state index contributed by atoms with van der Waals surface area (Å²) in [5.74, 6) is 1.97. The number of rotatable bonds is 5. The maximum atomic E-state index is 6.23. The highest BCUT2D eigenvalue weighted by Crippen LogP contribution is 2.35. The van der Waals surface area contributed by atoms with E-state index in [1.54, 1.807) is 0 Å². The van der Waals surface area contributed by atoms with Crippen LogP contribution in [0.15, 0.2) is 46.9 Å². The van der Waals surface area contributed by atoms with Crippen LogP contribution in [0.3, 0.4) is 0 Å². The van der Waals surface area contributed by atoms with Gasteiger partial charge in [-0.15, -0.1) is 0 Å². The van der Waals surface area contributed by atoms with E-state index in [1.807, 2.05) is 12.1 Å². The minimum Gasteiger partial charge on any atom is -0.488 e. The number of para-hydroxylation sites is 1. The van der Waals surface area contributed by atoms with E-state index in [-0.39, 0.29) is 0 Å². The highest BCUT2D eigenvalue weighted by atomic mass is 79.9. The van der Waals surface area contributed by atoms with Gasteiger partial charge in [0.1, 0.15) is 12.4 Å². The Morgan fingerprint density at radius 3 is 1.95 bits per heavy atom. The average molecular weight is 347 g/mol. The van der Waals surface area contributed by atoms with Gasteiger partial charge in [0.05, 0.1) is 0 Å². The molecule has 112 valence electrons. The molecule has 0 aliphatic heterocycles. The van der Waals surface area contributed by atoms with Crippen molar-refractivity contribution in [2.24, 2.45) is 0 Å². The van der Waals surface area contributed by atoms with Crippen molar-refractivity contribution in [3.05, 3.63) is 63.6 Å². The van der Waals surface area contributed by atoms with Crippen LogP contribution < -0.4 is 4.74 Å². The minimum absolute atomic E-state index is 0.456. The van der Waals surface area contributed by atoms with Crippen molar-refractivity contribution < 1.29 is 4.74 Å². The standard InChI is InChI=1S/C19H23BrO/c1-13(2)16-9-7-10-17(14(3)4)19(16)21-12-15-8-5-6-11-18(15)20/h5-11,13-14H,12H2,1-4H3. The van der Waals surface area contributed by atoms with Crippen LogP contribution in [0.5, 0.6) is 5.75 Å². The lowest BCUT2D eigenvalue weighted by molar-refractivity contribution is 0.296. The van der Waals surface area contributed by atoms with E-state index in [2.05, 4.69) is 74.0 Å². The van der Waals surface area contributed by atoms with Crippen LogP contribution in [0.25, 0.3) is 0 Å². The Bertz CT molecular complexity index is 576. The van der Waals surface area contributed by atoms with Crippen molar-refractivity contribution in [3.63, 3.8) is 0 Å². The molecule has 2 heteroatoms. The van der Waals surface area contributed by atoms with Crippen LogP contribution in [0.1, 0.15) is 56.2 Å². The lowest BCUT2D eigenvalue weighted by Crippen LogP contribution is -2.04. The fraction of sp³-hybridized carbons (Fsp3) is 0.368. The molecule has 2 aromatic rings. The molecule has 0 radical (unpaired) electrons. The molecule has 0 N–H and O–H groups in total. The van der Waals surface area contributed by atoms with E-state index >= 15 is 0 Å². The van der Waals surface area contributed by atoms with Crippen molar-refractivity contribution in [2.45, 2.75) is 46.1 Å². The Hall–Kier alpha value is -1.28. The van der Waals surface area contributed by atoms with Gasteiger partial charge in [0, 0.05) is 10.0 Å². The maximum Gasteiger partial charge on any atom is 0.126 e. The molecule has 0 fully saturated rings. The molecular formula is C19H23BrO. The molecule has 0 aliphatic rings. The fourth-order valence-electron chi connectivity index (χ4n) is 2.41. The molecule has 0 aliphatic carbocycles. The van der Waals surface area contributed by atoms with Gasteiger partial charge in [0.2, 0.25) is 0 Å². The fourth-order valence-corrected chi connectivity index (χ4v) is 2.81. The van der Waals surface area contributed by atoms with E-state index < -0.39 is 0 Å². The van der Waals surface area contributed by atoms with Crippen molar-refractivity contribution in [1.82, 2.24) is 0 Å². The Morgan fingerprint density at radius 2 is 1.43 bits per heavy atom. The predicted octanol–water partition coefficient (Wildman–Crippen LogP) is 6.27. The highest BCUT2D eigenvalue weighted by Gasteiger charge is 2.15. The second-order valence-electron chi connectivity index (χ2n) is 5.96. The van der Waals surface area contributed by atoms with Gasteiger partial charge < -0.3 is 4.74 Å². The topological polar surface area (TPSA) is 9.23 Å². The molecule has 0 unspecified atom stereocenters.